The predicted octanol–water partition coefficient (Wildman–Crippen LogP) is 2.04. The third-order valence-corrected chi connectivity index (χ3v) is 2.39. The number of nitrogen functional groups attached to an aromatic ring is 1. The summed E-state index contributed by atoms with van der Waals surface area (Å²) in [6, 6.07) is 5.23. The second kappa shape index (κ2) is 4.02. The fraction of sp³-hybridized carbons (Fsp3) is 0.200. The van der Waals surface area contributed by atoms with Crippen LogP contribution >= 0.6 is 11.6 Å². The molecule has 0 radical (unpaired) electrons. The van der Waals surface area contributed by atoms with Crippen LogP contribution in [0.2, 0.25) is 5.02 Å². The standard InChI is InChI=1S/C10H11ClN4O/c1-15(2)10-13-9(16-14-10)8-6(11)4-3-5-7(8)12/h3-5H,12H2,1-2H3. The van der Waals surface area contributed by atoms with E-state index in [9.17, 15) is 0 Å². The zero-order valence-corrected chi connectivity index (χ0v) is 9.69. The molecule has 84 valence electrons. The van der Waals surface area contributed by atoms with Gasteiger partial charge < -0.3 is 15.2 Å². The molecule has 2 rings (SSSR count). The van der Waals surface area contributed by atoms with Crippen LogP contribution in [-0.2, 0) is 0 Å². The molecule has 0 aliphatic carbocycles. The van der Waals surface area contributed by atoms with Crippen LogP contribution in [0.15, 0.2) is 22.7 Å². The predicted molar refractivity (Wildman–Crippen MR) is 63.5 cm³/mol. The highest BCUT2D eigenvalue weighted by Gasteiger charge is 2.15. The third kappa shape index (κ3) is 1.81. The number of halogens is 1. The van der Waals surface area contributed by atoms with E-state index in [0.717, 1.165) is 0 Å². The summed E-state index contributed by atoms with van der Waals surface area (Å²) in [5.74, 6) is 0.807. The van der Waals surface area contributed by atoms with Gasteiger partial charge in [0.15, 0.2) is 0 Å². The maximum absolute atomic E-state index is 6.03. The van der Waals surface area contributed by atoms with Crippen molar-refractivity contribution in [2.45, 2.75) is 0 Å². The summed E-state index contributed by atoms with van der Waals surface area (Å²) < 4.78 is 5.11. The fourth-order valence-corrected chi connectivity index (χ4v) is 1.53. The number of benzene rings is 1. The molecule has 2 aromatic rings. The number of hydrogen-bond donors (Lipinski definition) is 1. The Morgan fingerprint density at radius 3 is 2.69 bits per heavy atom. The molecule has 1 aromatic heterocycles. The summed E-state index contributed by atoms with van der Waals surface area (Å²) in [6.07, 6.45) is 0. The van der Waals surface area contributed by atoms with Crippen LogP contribution < -0.4 is 10.6 Å². The van der Waals surface area contributed by atoms with Gasteiger partial charge in [0.2, 0.25) is 0 Å². The van der Waals surface area contributed by atoms with Crippen molar-refractivity contribution in [3.63, 3.8) is 0 Å². The molecular formula is C10H11ClN4O. The molecule has 0 aliphatic rings. The minimum Gasteiger partial charge on any atom is -0.398 e. The normalized spacial score (nSPS) is 10.4. The maximum atomic E-state index is 6.03. The van der Waals surface area contributed by atoms with Crippen molar-refractivity contribution in [3.8, 4) is 11.5 Å². The van der Waals surface area contributed by atoms with Gasteiger partial charge in [0, 0.05) is 19.8 Å². The summed E-state index contributed by atoms with van der Waals surface area (Å²) in [4.78, 5) is 5.92. The Bertz CT molecular complexity index is 489. The van der Waals surface area contributed by atoms with E-state index in [-0.39, 0.29) is 0 Å². The van der Waals surface area contributed by atoms with Crippen LogP contribution in [0.1, 0.15) is 0 Å². The quantitative estimate of drug-likeness (QED) is 0.811. The molecule has 0 saturated heterocycles. The van der Waals surface area contributed by atoms with E-state index in [1.165, 1.54) is 0 Å². The van der Waals surface area contributed by atoms with Crippen LogP contribution in [0.3, 0.4) is 0 Å². The smallest absolute Gasteiger partial charge is 0.265 e. The van der Waals surface area contributed by atoms with Gasteiger partial charge >= 0.3 is 0 Å². The molecule has 0 amide bonds. The van der Waals surface area contributed by atoms with Crippen molar-refractivity contribution in [1.82, 2.24) is 10.1 Å². The Morgan fingerprint density at radius 2 is 2.12 bits per heavy atom. The minimum absolute atomic E-state index is 0.326. The number of aromatic nitrogens is 2. The van der Waals surface area contributed by atoms with Gasteiger partial charge in [-0.3, -0.25) is 0 Å². The molecule has 16 heavy (non-hydrogen) atoms. The summed E-state index contributed by atoms with van der Waals surface area (Å²) in [5.41, 5.74) is 6.90. The van der Waals surface area contributed by atoms with E-state index in [1.54, 1.807) is 23.1 Å². The van der Waals surface area contributed by atoms with Crippen LogP contribution in [0, 0.1) is 0 Å². The van der Waals surface area contributed by atoms with Crippen molar-refractivity contribution in [2.24, 2.45) is 0 Å². The highest BCUT2D eigenvalue weighted by Crippen LogP contribution is 2.32. The van der Waals surface area contributed by atoms with Crippen LogP contribution in [0.25, 0.3) is 11.5 Å². The summed E-state index contributed by atoms with van der Waals surface area (Å²) in [6.45, 7) is 0. The fourth-order valence-electron chi connectivity index (χ4n) is 1.27. The maximum Gasteiger partial charge on any atom is 0.265 e. The number of hydrogen-bond acceptors (Lipinski definition) is 5. The number of nitrogens with zero attached hydrogens (tertiary/aromatic N) is 3. The SMILES string of the molecule is CN(C)c1noc(-c2c(N)cccc2Cl)n1. The summed E-state index contributed by atoms with van der Waals surface area (Å²) in [7, 11) is 3.65. The van der Waals surface area contributed by atoms with Crippen molar-refractivity contribution < 1.29 is 4.52 Å². The lowest BCUT2D eigenvalue weighted by Gasteiger charge is -2.03. The molecule has 6 heteroatoms. The molecule has 0 bridgehead atoms. The second-order valence-electron chi connectivity index (χ2n) is 3.50. The highest BCUT2D eigenvalue weighted by molar-refractivity contribution is 6.33. The zero-order valence-electron chi connectivity index (χ0n) is 8.94. The van der Waals surface area contributed by atoms with Gasteiger partial charge in [-0.25, -0.2) is 0 Å². The Morgan fingerprint density at radius 1 is 1.38 bits per heavy atom. The average Bonchev–Trinajstić information content (AvgIpc) is 2.66. The van der Waals surface area contributed by atoms with Crippen molar-refractivity contribution >= 4 is 23.2 Å². The molecule has 5 nitrogen and oxygen atoms in total. The second-order valence-corrected chi connectivity index (χ2v) is 3.91. The Hall–Kier alpha value is -1.75. The topological polar surface area (TPSA) is 68.2 Å². The molecule has 0 unspecified atom stereocenters. The first-order valence-electron chi connectivity index (χ1n) is 4.65. The molecule has 1 heterocycles. The third-order valence-electron chi connectivity index (χ3n) is 2.08. The number of anilines is 2. The van der Waals surface area contributed by atoms with E-state index >= 15 is 0 Å². The minimum atomic E-state index is 0.326. The van der Waals surface area contributed by atoms with Gasteiger partial charge in [-0.2, -0.15) is 4.98 Å². The average molecular weight is 239 g/mol. The van der Waals surface area contributed by atoms with Gasteiger partial charge in [-0.05, 0) is 17.3 Å². The van der Waals surface area contributed by atoms with Gasteiger partial charge in [-0.1, -0.05) is 17.7 Å². The van der Waals surface area contributed by atoms with Crippen molar-refractivity contribution in [2.75, 3.05) is 24.7 Å². The van der Waals surface area contributed by atoms with Crippen LogP contribution in [-0.4, -0.2) is 24.2 Å². The first-order chi connectivity index (χ1) is 7.59. The first kappa shape index (κ1) is 10.8. The molecule has 2 N–H and O–H groups in total. The largest absolute Gasteiger partial charge is 0.398 e. The van der Waals surface area contributed by atoms with Crippen molar-refractivity contribution in [3.05, 3.63) is 23.2 Å². The van der Waals surface area contributed by atoms with E-state index in [1.807, 2.05) is 14.1 Å². The lowest BCUT2D eigenvalue weighted by molar-refractivity contribution is 0.431. The number of nitrogens with two attached hydrogens (primary N) is 1. The molecule has 0 atom stereocenters. The molecule has 1 aromatic carbocycles. The highest BCUT2D eigenvalue weighted by atomic mass is 35.5. The molecular weight excluding hydrogens is 228 g/mol. The van der Waals surface area contributed by atoms with Gasteiger partial charge in [0.05, 0.1) is 10.6 Å². The Kier molecular flexibility index (Phi) is 2.70. The van der Waals surface area contributed by atoms with Gasteiger partial charge in [-0.15, -0.1) is 0 Å². The number of rotatable bonds is 2. The molecule has 0 saturated carbocycles. The summed E-state index contributed by atoms with van der Waals surface area (Å²) >= 11 is 6.03. The zero-order chi connectivity index (χ0) is 11.7. The summed E-state index contributed by atoms with van der Waals surface area (Å²) in [5, 5.41) is 4.29. The lowest BCUT2D eigenvalue weighted by Crippen LogP contribution is -2.10. The van der Waals surface area contributed by atoms with Crippen LogP contribution in [0.5, 0.6) is 0 Å². The lowest BCUT2D eigenvalue weighted by atomic mass is 10.2. The Balaban J connectivity index is 2.50. The van der Waals surface area contributed by atoms with E-state index < -0.39 is 0 Å². The molecule has 0 spiro atoms. The van der Waals surface area contributed by atoms with E-state index in [4.69, 9.17) is 21.9 Å². The van der Waals surface area contributed by atoms with E-state index in [2.05, 4.69) is 10.1 Å². The van der Waals surface area contributed by atoms with Gasteiger partial charge in [0.1, 0.15) is 0 Å². The van der Waals surface area contributed by atoms with Crippen molar-refractivity contribution in [1.29, 1.82) is 0 Å². The van der Waals surface area contributed by atoms with E-state index in [0.29, 0.717) is 28.1 Å². The monoisotopic (exact) mass is 238 g/mol. The first-order valence-corrected chi connectivity index (χ1v) is 5.03. The molecule has 0 aliphatic heterocycles. The molecule has 0 fully saturated rings. The Labute approximate surface area is 97.8 Å². The van der Waals surface area contributed by atoms with Gasteiger partial charge in [0.25, 0.3) is 11.8 Å². The van der Waals surface area contributed by atoms with Crippen LogP contribution in [0.4, 0.5) is 11.6 Å².